The van der Waals surface area contributed by atoms with Gasteiger partial charge in [0.2, 0.25) is 0 Å². The lowest BCUT2D eigenvalue weighted by molar-refractivity contribution is -0.689. The largest absolute Gasteiger partial charge is 0.372 e. The summed E-state index contributed by atoms with van der Waals surface area (Å²) in [5.74, 6) is 1.27. The summed E-state index contributed by atoms with van der Waals surface area (Å²) in [6, 6.07) is 15.0. The fourth-order valence-corrected chi connectivity index (χ4v) is 3.93. The van der Waals surface area contributed by atoms with Gasteiger partial charge in [-0.05, 0) is 31.7 Å². The third kappa shape index (κ3) is 3.09. The third-order valence-corrected chi connectivity index (χ3v) is 5.24. The van der Waals surface area contributed by atoms with E-state index in [1.807, 2.05) is 0 Å². The van der Waals surface area contributed by atoms with E-state index in [-0.39, 0.29) is 6.10 Å². The van der Waals surface area contributed by atoms with E-state index < -0.39 is 0 Å². The Morgan fingerprint density at radius 2 is 2.00 bits per heavy atom. The van der Waals surface area contributed by atoms with E-state index in [0.717, 1.165) is 19.1 Å². The molecule has 1 aliphatic carbocycles. The van der Waals surface area contributed by atoms with Crippen molar-refractivity contribution in [3.8, 4) is 0 Å². The Bertz CT molecular complexity index is 707. The molecule has 1 aliphatic heterocycles. The van der Waals surface area contributed by atoms with E-state index in [4.69, 9.17) is 4.74 Å². The summed E-state index contributed by atoms with van der Waals surface area (Å²) >= 11 is 0. The topological polar surface area (TPSA) is 13.1 Å². The molecule has 1 aromatic carbocycles. The van der Waals surface area contributed by atoms with E-state index in [2.05, 4.69) is 72.4 Å². The average Bonchev–Trinajstić information content (AvgIpc) is 2.60. The number of hydrogen-bond donors (Lipinski definition) is 0. The first-order valence-electron chi connectivity index (χ1n) is 8.61. The monoisotopic (exact) mass is 306 g/mol. The van der Waals surface area contributed by atoms with Crippen molar-refractivity contribution in [3.05, 3.63) is 77.6 Å². The van der Waals surface area contributed by atoms with Crippen molar-refractivity contribution in [1.29, 1.82) is 0 Å². The van der Waals surface area contributed by atoms with Crippen molar-refractivity contribution in [2.75, 3.05) is 6.61 Å². The first-order chi connectivity index (χ1) is 11.3. The molecule has 4 rings (SSSR count). The summed E-state index contributed by atoms with van der Waals surface area (Å²) in [5.41, 5.74) is 4.14. The van der Waals surface area contributed by atoms with Crippen molar-refractivity contribution >= 4 is 0 Å². The first-order valence-corrected chi connectivity index (χ1v) is 8.61. The molecular weight excluding hydrogens is 282 g/mol. The maximum Gasteiger partial charge on any atom is 0.174 e. The first kappa shape index (κ1) is 14.6. The highest BCUT2D eigenvalue weighted by molar-refractivity contribution is 5.20. The van der Waals surface area contributed by atoms with Gasteiger partial charge in [-0.1, -0.05) is 42.0 Å². The van der Waals surface area contributed by atoms with E-state index in [1.165, 1.54) is 29.5 Å². The van der Waals surface area contributed by atoms with E-state index in [9.17, 15) is 0 Å². The molecule has 0 spiro atoms. The Morgan fingerprint density at radius 3 is 2.87 bits per heavy atom. The van der Waals surface area contributed by atoms with Crippen LogP contribution in [0.2, 0.25) is 0 Å². The molecule has 0 saturated carbocycles. The minimum absolute atomic E-state index is 0.214. The highest BCUT2D eigenvalue weighted by Gasteiger charge is 2.36. The fourth-order valence-electron chi connectivity index (χ4n) is 3.93. The van der Waals surface area contributed by atoms with Crippen molar-refractivity contribution in [2.24, 2.45) is 11.8 Å². The second-order valence-electron chi connectivity index (χ2n) is 6.94. The summed E-state index contributed by atoms with van der Waals surface area (Å²) in [7, 11) is 0. The Balaban J connectivity index is 1.58. The normalized spacial score (nSPS) is 26.7. The molecule has 2 aromatic rings. The van der Waals surface area contributed by atoms with Gasteiger partial charge in [0.15, 0.2) is 18.9 Å². The summed E-state index contributed by atoms with van der Waals surface area (Å²) < 4.78 is 8.52. The zero-order chi connectivity index (χ0) is 15.6. The van der Waals surface area contributed by atoms with Crippen LogP contribution in [0, 0.1) is 11.8 Å². The predicted octanol–water partition coefficient (Wildman–Crippen LogP) is 4.07. The molecule has 1 aromatic heterocycles. The number of hydrogen-bond acceptors (Lipinski definition) is 1. The summed E-state index contributed by atoms with van der Waals surface area (Å²) in [6.07, 6.45) is 9.52. The Kier molecular flexibility index (Phi) is 4.00. The number of allylic oxidation sites excluding steroid dienone is 1. The highest BCUT2D eigenvalue weighted by atomic mass is 16.5. The second kappa shape index (κ2) is 6.29. The van der Waals surface area contributed by atoms with Gasteiger partial charge in [0.25, 0.3) is 0 Å². The smallest absolute Gasteiger partial charge is 0.174 e. The molecular formula is C21H24NO+. The van der Waals surface area contributed by atoms with Crippen LogP contribution in [0.25, 0.3) is 0 Å². The standard InChI is InChI=1S/C21H24NO/c1-16-9-10-18-12-20(16)21(23-15-18)19-8-5-11-22(14-19)13-17-6-3-2-4-7-17/h2-9,11,14,18,20-21H,10,12-13,15H2,1H3/q+1/t18-,20+,21-/m1/s1. The van der Waals surface area contributed by atoms with Gasteiger partial charge < -0.3 is 4.74 Å². The zero-order valence-electron chi connectivity index (χ0n) is 13.7. The lowest BCUT2D eigenvalue weighted by atomic mass is 9.75. The van der Waals surface area contributed by atoms with E-state index >= 15 is 0 Å². The van der Waals surface area contributed by atoms with Crippen LogP contribution in [-0.4, -0.2) is 6.61 Å². The molecule has 3 atom stereocenters. The van der Waals surface area contributed by atoms with Crippen LogP contribution >= 0.6 is 0 Å². The van der Waals surface area contributed by atoms with Crippen LogP contribution in [0.4, 0.5) is 0 Å². The minimum Gasteiger partial charge on any atom is -0.372 e. The van der Waals surface area contributed by atoms with Crippen LogP contribution in [-0.2, 0) is 11.3 Å². The van der Waals surface area contributed by atoms with Crippen molar-refractivity contribution in [1.82, 2.24) is 0 Å². The Hall–Kier alpha value is -1.93. The maximum atomic E-state index is 6.25. The zero-order valence-corrected chi connectivity index (χ0v) is 13.7. The van der Waals surface area contributed by atoms with Crippen LogP contribution in [0.1, 0.15) is 37.0 Å². The van der Waals surface area contributed by atoms with Crippen molar-refractivity contribution in [2.45, 2.75) is 32.4 Å². The molecule has 1 saturated heterocycles. The van der Waals surface area contributed by atoms with Gasteiger partial charge in [-0.15, -0.1) is 0 Å². The van der Waals surface area contributed by atoms with Gasteiger partial charge in [-0.2, -0.15) is 0 Å². The molecule has 0 amide bonds. The molecule has 1 fully saturated rings. The molecule has 0 N–H and O–H groups in total. The molecule has 2 heteroatoms. The van der Waals surface area contributed by atoms with Gasteiger partial charge in [0.1, 0.15) is 0 Å². The van der Waals surface area contributed by atoms with E-state index in [0.29, 0.717) is 5.92 Å². The summed E-state index contributed by atoms with van der Waals surface area (Å²) in [6.45, 7) is 4.07. The van der Waals surface area contributed by atoms with Crippen molar-refractivity contribution in [3.63, 3.8) is 0 Å². The van der Waals surface area contributed by atoms with Crippen LogP contribution < -0.4 is 4.57 Å². The fraction of sp³-hybridized carbons (Fsp3) is 0.381. The molecule has 2 aliphatic rings. The van der Waals surface area contributed by atoms with Gasteiger partial charge >= 0.3 is 0 Å². The SMILES string of the molecule is CC1=CC[C@H]2CO[C@H](c3ccc[n+](Cc4ccccc4)c3)[C@H]1C2. The number of fused-ring (bicyclic) bond motifs is 2. The lowest BCUT2D eigenvalue weighted by Gasteiger charge is -2.39. The predicted molar refractivity (Wildman–Crippen MR) is 90.8 cm³/mol. The molecule has 23 heavy (non-hydrogen) atoms. The third-order valence-electron chi connectivity index (χ3n) is 5.24. The van der Waals surface area contributed by atoms with Gasteiger partial charge in [-0.25, -0.2) is 4.57 Å². The van der Waals surface area contributed by atoms with Crippen LogP contribution in [0.15, 0.2) is 66.5 Å². The average molecular weight is 306 g/mol. The maximum absolute atomic E-state index is 6.25. The highest BCUT2D eigenvalue weighted by Crippen LogP contribution is 2.43. The minimum atomic E-state index is 0.214. The lowest BCUT2D eigenvalue weighted by Crippen LogP contribution is -2.37. The Morgan fingerprint density at radius 1 is 1.13 bits per heavy atom. The van der Waals surface area contributed by atoms with Crippen LogP contribution in [0.3, 0.4) is 0 Å². The molecule has 0 radical (unpaired) electrons. The molecule has 2 nitrogen and oxygen atoms in total. The molecule has 2 bridgehead atoms. The molecule has 0 unspecified atom stereocenters. The summed E-state index contributed by atoms with van der Waals surface area (Å²) in [4.78, 5) is 0. The molecule has 118 valence electrons. The summed E-state index contributed by atoms with van der Waals surface area (Å²) in [5, 5.41) is 0. The van der Waals surface area contributed by atoms with Gasteiger partial charge in [0.05, 0.1) is 12.7 Å². The Labute approximate surface area is 138 Å². The second-order valence-corrected chi connectivity index (χ2v) is 6.94. The number of benzene rings is 1. The van der Waals surface area contributed by atoms with E-state index in [1.54, 1.807) is 0 Å². The number of nitrogens with zero attached hydrogens (tertiary/aromatic N) is 1. The number of pyridine rings is 1. The molecule has 2 heterocycles. The van der Waals surface area contributed by atoms with Crippen molar-refractivity contribution < 1.29 is 9.30 Å². The number of ether oxygens (including phenoxy) is 1. The number of rotatable bonds is 3. The van der Waals surface area contributed by atoms with Gasteiger partial charge in [-0.3, -0.25) is 0 Å². The quantitative estimate of drug-likeness (QED) is 0.615. The number of aromatic nitrogens is 1. The van der Waals surface area contributed by atoms with Gasteiger partial charge in [0, 0.05) is 23.1 Å². The van der Waals surface area contributed by atoms with Crippen LogP contribution in [0.5, 0.6) is 0 Å².